The minimum absolute atomic E-state index is 0.0463. The maximum Gasteiger partial charge on any atom is 0.340 e. The molecule has 2 fully saturated rings. The van der Waals surface area contributed by atoms with Gasteiger partial charge in [0.2, 0.25) is 0 Å². The van der Waals surface area contributed by atoms with Crippen LogP contribution >= 0.6 is 15.2 Å². The average Bonchev–Trinajstić information content (AvgIpc) is 2.99. The highest BCUT2D eigenvalue weighted by atomic mass is 31.2. The van der Waals surface area contributed by atoms with E-state index in [-0.39, 0.29) is 24.5 Å². The molecule has 0 radical (unpaired) electrons. The first kappa shape index (κ1) is 23.4. The Morgan fingerprint density at radius 3 is 2.48 bits per heavy atom. The highest BCUT2D eigenvalue weighted by molar-refractivity contribution is 7.70. The molecule has 3 aliphatic carbocycles. The van der Waals surface area contributed by atoms with E-state index in [0.717, 1.165) is 38.5 Å². The molecule has 31 heavy (non-hydrogen) atoms. The van der Waals surface area contributed by atoms with Crippen LogP contribution in [0.3, 0.4) is 0 Å². The normalized spacial score (nSPS) is 33.1. The monoisotopic (exact) mass is 474 g/mol. The van der Waals surface area contributed by atoms with E-state index in [4.69, 9.17) is 4.74 Å². The molecule has 0 unspecified atom stereocenters. The van der Waals surface area contributed by atoms with Gasteiger partial charge < -0.3 is 29.4 Å². The van der Waals surface area contributed by atoms with E-state index >= 15 is 0 Å². The quantitative estimate of drug-likeness (QED) is 0.393. The van der Waals surface area contributed by atoms with Gasteiger partial charge >= 0.3 is 15.2 Å². The van der Waals surface area contributed by atoms with Gasteiger partial charge in [0.1, 0.15) is 5.75 Å². The molecule has 0 saturated heterocycles. The van der Waals surface area contributed by atoms with Gasteiger partial charge in [0.05, 0.1) is 6.10 Å². The van der Waals surface area contributed by atoms with Crippen molar-refractivity contribution in [3.8, 4) is 5.75 Å². The number of aryl methyl sites for hydroxylation is 1. The predicted octanol–water partition coefficient (Wildman–Crippen LogP) is 3.71. The predicted molar refractivity (Wildman–Crippen MR) is 115 cm³/mol. The Bertz CT molecular complexity index is 902. The third-order valence-electron chi connectivity index (χ3n) is 8.09. The fourth-order valence-electron chi connectivity index (χ4n) is 6.64. The lowest BCUT2D eigenvalue weighted by Gasteiger charge is -2.50. The third-order valence-corrected chi connectivity index (χ3v) is 12.0. The van der Waals surface area contributed by atoms with E-state index in [1.807, 2.05) is 6.07 Å². The fraction of sp³-hybridized carbons (Fsp3) is 0.714. The number of aromatic hydroxyl groups is 1. The number of hydrogen-bond donors (Lipinski definition) is 5. The Balaban J connectivity index is 1.44. The van der Waals surface area contributed by atoms with Crippen LogP contribution in [0.2, 0.25) is 0 Å². The number of rotatable bonds is 6. The topological polar surface area (TPSA) is 145 Å². The maximum atomic E-state index is 11.5. The Labute approximate surface area is 182 Å². The first-order chi connectivity index (χ1) is 14.4. The highest BCUT2D eigenvalue weighted by Gasteiger charge is 2.55. The minimum atomic E-state index is -4.92. The SMILES string of the molecule is C[C@]12CC[C@@H]3c4ccc(O)cc4CC[C@H]3[C@@H]1CC[C@@H]2OCCC(P(=O)(O)O)P(=O)(O)O. The summed E-state index contributed by atoms with van der Waals surface area (Å²) >= 11 is 0. The van der Waals surface area contributed by atoms with Gasteiger partial charge in [-0.15, -0.1) is 0 Å². The largest absolute Gasteiger partial charge is 0.508 e. The number of hydrogen-bond acceptors (Lipinski definition) is 4. The number of phenolic OH excluding ortho intramolecular Hbond substituents is 1. The smallest absolute Gasteiger partial charge is 0.340 e. The number of fused-ring (bicyclic) bond motifs is 5. The van der Waals surface area contributed by atoms with Crippen molar-refractivity contribution >= 4 is 15.2 Å². The van der Waals surface area contributed by atoms with E-state index in [1.165, 1.54) is 11.1 Å². The van der Waals surface area contributed by atoms with E-state index in [1.54, 1.807) is 6.07 Å². The Morgan fingerprint density at radius 1 is 1.10 bits per heavy atom. The van der Waals surface area contributed by atoms with Crippen LogP contribution in [0, 0.1) is 17.3 Å². The molecule has 10 heteroatoms. The van der Waals surface area contributed by atoms with Crippen molar-refractivity contribution in [2.24, 2.45) is 17.3 Å². The molecule has 0 bridgehead atoms. The zero-order valence-electron chi connectivity index (χ0n) is 17.6. The standard InChI is InChI=1S/C21H32O8P2/c1-21-10-8-16-15-5-3-14(22)12-13(15)2-4-17(16)18(21)6-7-19(21)29-11-9-20(30(23,24)25)31(26,27)28/h3,5,12,16-20,22H,2,4,6-11H2,1H3,(H2,23,24,25)(H2,26,27,28)/t16-,17-,18+,19+,21+/m1/s1. The van der Waals surface area contributed by atoms with Crippen LogP contribution in [-0.4, -0.2) is 42.8 Å². The molecule has 0 aromatic heterocycles. The Morgan fingerprint density at radius 2 is 1.81 bits per heavy atom. The molecule has 1 aromatic rings. The van der Waals surface area contributed by atoms with Crippen molar-refractivity contribution < 1.29 is 38.5 Å². The number of phenols is 1. The maximum absolute atomic E-state index is 11.5. The second-order valence-electron chi connectivity index (χ2n) is 9.73. The van der Waals surface area contributed by atoms with Crippen molar-refractivity contribution in [2.45, 2.75) is 69.3 Å². The van der Waals surface area contributed by atoms with Crippen molar-refractivity contribution in [3.05, 3.63) is 29.3 Å². The summed E-state index contributed by atoms with van der Waals surface area (Å²) in [6.45, 7) is 2.16. The van der Waals surface area contributed by atoms with Gasteiger partial charge in [-0.25, -0.2) is 0 Å². The lowest BCUT2D eigenvalue weighted by molar-refractivity contribution is -0.0641. The van der Waals surface area contributed by atoms with Crippen LogP contribution < -0.4 is 0 Å². The summed E-state index contributed by atoms with van der Waals surface area (Å²) in [4.78, 5) is 37.3. The Hall–Kier alpha value is -0.720. The molecule has 1 aromatic carbocycles. The van der Waals surface area contributed by atoms with E-state index in [0.29, 0.717) is 23.5 Å². The summed E-state index contributed by atoms with van der Waals surface area (Å²) in [5.74, 6) is 1.82. The van der Waals surface area contributed by atoms with Gasteiger partial charge in [0.15, 0.2) is 5.40 Å². The zero-order valence-corrected chi connectivity index (χ0v) is 19.4. The van der Waals surface area contributed by atoms with Crippen LogP contribution in [0.5, 0.6) is 5.75 Å². The molecule has 5 N–H and O–H groups in total. The molecule has 174 valence electrons. The molecule has 0 spiro atoms. The second-order valence-corrected chi connectivity index (χ2v) is 13.7. The lowest BCUT2D eigenvalue weighted by atomic mass is 9.55. The van der Waals surface area contributed by atoms with E-state index in [9.17, 15) is 33.8 Å². The van der Waals surface area contributed by atoms with Gasteiger partial charge in [-0.2, -0.15) is 0 Å². The van der Waals surface area contributed by atoms with Crippen molar-refractivity contribution in [1.82, 2.24) is 0 Å². The van der Waals surface area contributed by atoms with Crippen molar-refractivity contribution in [3.63, 3.8) is 0 Å². The first-order valence-electron chi connectivity index (χ1n) is 10.9. The van der Waals surface area contributed by atoms with Crippen LogP contribution in [0.25, 0.3) is 0 Å². The third kappa shape index (κ3) is 4.41. The van der Waals surface area contributed by atoms with Crippen LogP contribution in [0.4, 0.5) is 0 Å². The number of benzene rings is 1. The molecular formula is C21H32O8P2. The first-order valence-corrected chi connectivity index (χ1v) is 14.3. The molecule has 0 aliphatic heterocycles. The molecule has 0 heterocycles. The second kappa shape index (κ2) is 8.25. The van der Waals surface area contributed by atoms with Crippen molar-refractivity contribution in [1.29, 1.82) is 0 Å². The van der Waals surface area contributed by atoms with Gasteiger partial charge in [-0.3, -0.25) is 9.13 Å². The van der Waals surface area contributed by atoms with Gasteiger partial charge in [0.25, 0.3) is 0 Å². The fourth-order valence-corrected chi connectivity index (χ4v) is 9.09. The lowest BCUT2D eigenvalue weighted by Crippen LogP contribution is -2.44. The van der Waals surface area contributed by atoms with E-state index < -0.39 is 20.6 Å². The zero-order chi connectivity index (χ0) is 22.6. The van der Waals surface area contributed by atoms with Crippen LogP contribution in [0.1, 0.15) is 62.5 Å². The molecule has 4 rings (SSSR count). The summed E-state index contributed by atoms with van der Waals surface area (Å²) in [5.41, 5.74) is 2.55. The molecule has 3 aliphatic rings. The molecule has 8 nitrogen and oxygen atoms in total. The van der Waals surface area contributed by atoms with Gasteiger partial charge in [0, 0.05) is 6.61 Å². The summed E-state index contributed by atoms with van der Waals surface area (Å²) in [7, 11) is -9.84. The Kier molecular flexibility index (Phi) is 6.24. The van der Waals surface area contributed by atoms with Gasteiger partial charge in [-0.05, 0) is 91.4 Å². The summed E-state index contributed by atoms with van der Waals surface area (Å²) < 4.78 is 29.1. The molecular weight excluding hydrogens is 442 g/mol. The van der Waals surface area contributed by atoms with Crippen LogP contribution in [0.15, 0.2) is 18.2 Å². The van der Waals surface area contributed by atoms with Gasteiger partial charge in [-0.1, -0.05) is 13.0 Å². The van der Waals surface area contributed by atoms with E-state index in [2.05, 4.69) is 13.0 Å². The van der Waals surface area contributed by atoms with Crippen molar-refractivity contribution in [2.75, 3.05) is 6.61 Å². The summed E-state index contributed by atoms with van der Waals surface area (Å²) in [6, 6.07) is 5.73. The average molecular weight is 474 g/mol. The van der Waals surface area contributed by atoms with Crippen LogP contribution in [-0.2, 0) is 20.3 Å². The molecule has 2 saturated carbocycles. The number of ether oxygens (including phenoxy) is 1. The molecule has 0 amide bonds. The molecule has 5 atom stereocenters. The summed E-state index contributed by atoms with van der Waals surface area (Å²) in [6.07, 6.45) is 5.47. The highest BCUT2D eigenvalue weighted by Crippen LogP contribution is 2.63. The summed E-state index contributed by atoms with van der Waals surface area (Å²) in [5, 5.41) is 7.81. The minimum Gasteiger partial charge on any atom is -0.508 e.